The Morgan fingerprint density at radius 1 is 1.38 bits per heavy atom. The first-order chi connectivity index (χ1) is 9.92. The van der Waals surface area contributed by atoms with Gasteiger partial charge in [-0.2, -0.15) is 4.98 Å². The first-order valence-corrected chi connectivity index (χ1v) is 8.47. The summed E-state index contributed by atoms with van der Waals surface area (Å²) >= 11 is 3.11. The number of nitrogens with one attached hydrogen (secondary N) is 2. The molecule has 0 aliphatic carbocycles. The Labute approximate surface area is 130 Å². The van der Waals surface area contributed by atoms with Gasteiger partial charge in [0, 0.05) is 6.07 Å². The molecule has 116 valence electrons. The Balaban J connectivity index is 2.09. The number of furan rings is 1. The van der Waals surface area contributed by atoms with Crippen molar-refractivity contribution in [3.05, 3.63) is 28.2 Å². The molecule has 2 N–H and O–H groups in total. The molecule has 0 aliphatic heterocycles. The molecule has 0 atom stereocenters. The van der Waals surface area contributed by atoms with Gasteiger partial charge < -0.3 is 14.3 Å². The van der Waals surface area contributed by atoms with Crippen LogP contribution in [0, 0.1) is 6.92 Å². The van der Waals surface area contributed by atoms with Crippen LogP contribution in [0.2, 0.25) is 0 Å². The Morgan fingerprint density at radius 3 is 2.76 bits per heavy atom. The molecule has 10 heteroatoms. The first-order valence-electron chi connectivity index (χ1n) is 6.20. The van der Waals surface area contributed by atoms with E-state index in [2.05, 4.69) is 36.1 Å². The van der Waals surface area contributed by atoms with Crippen LogP contribution >= 0.6 is 15.9 Å². The fourth-order valence-corrected chi connectivity index (χ4v) is 3.53. The maximum Gasteiger partial charge on any atom is 0.245 e. The first kappa shape index (κ1) is 16.1. The van der Waals surface area contributed by atoms with Gasteiger partial charge in [-0.15, -0.1) is 0 Å². The van der Waals surface area contributed by atoms with Crippen molar-refractivity contribution in [2.45, 2.75) is 31.8 Å². The summed E-state index contributed by atoms with van der Waals surface area (Å²) in [5, 5.41) is 6.64. The van der Waals surface area contributed by atoms with Crippen LogP contribution in [0.25, 0.3) is 0 Å². The predicted molar refractivity (Wildman–Crippen MR) is 76.8 cm³/mol. The molecule has 0 aromatic carbocycles. The second kappa shape index (κ2) is 6.69. The molecule has 2 heterocycles. The molecule has 0 bridgehead atoms. The highest BCUT2D eigenvalue weighted by atomic mass is 79.9. The maximum atomic E-state index is 12.2. The van der Waals surface area contributed by atoms with Gasteiger partial charge in [0.15, 0.2) is 10.5 Å². The number of rotatable bonds is 7. The lowest BCUT2D eigenvalue weighted by molar-refractivity contribution is 0.372. The molecule has 21 heavy (non-hydrogen) atoms. The Kier molecular flexibility index (Phi) is 5.14. The van der Waals surface area contributed by atoms with E-state index in [1.165, 1.54) is 6.07 Å². The van der Waals surface area contributed by atoms with E-state index in [9.17, 15) is 8.42 Å². The highest BCUT2D eigenvalue weighted by Crippen LogP contribution is 2.26. The summed E-state index contributed by atoms with van der Waals surface area (Å²) in [6.07, 6.45) is 0. The molecule has 0 saturated heterocycles. The molecule has 0 unspecified atom stereocenters. The molecule has 0 aliphatic rings. The summed E-state index contributed by atoms with van der Waals surface area (Å²) in [4.78, 5) is 3.96. The van der Waals surface area contributed by atoms with Crippen molar-refractivity contribution in [1.29, 1.82) is 0 Å². The van der Waals surface area contributed by atoms with Gasteiger partial charge in [-0.05, 0) is 29.4 Å². The van der Waals surface area contributed by atoms with Gasteiger partial charge in [0.2, 0.25) is 15.9 Å². The van der Waals surface area contributed by atoms with Gasteiger partial charge in [-0.1, -0.05) is 12.1 Å². The molecule has 0 fully saturated rings. The molecule has 0 radical (unpaired) electrons. The zero-order valence-corrected chi connectivity index (χ0v) is 13.9. The fraction of sp³-hybridized carbons (Fsp3) is 0.455. The number of sulfonamides is 1. The van der Waals surface area contributed by atoms with Gasteiger partial charge in [0.05, 0.1) is 13.1 Å². The molecule has 0 spiro atoms. The van der Waals surface area contributed by atoms with Crippen LogP contribution in [0.3, 0.4) is 0 Å². The Bertz CT molecular complexity index is 710. The molecular formula is C11H15BrN4O4S. The van der Waals surface area contributed by atoms with Crippen molar-refractivity contribution < 1.29 is 17.4 Å². The standard InChI is InChI=1S/C11H15BrN4O4S/c1-3-13-5-8-4-9(11(12)19-8)21(17,18)14-6-10-15-7(2)16-20-10/h4,13-14H,3,5-6H2,1-2H3. The molecule has 8 nitrogen and oxygen atoms in total. The second-order valence-electron chi connectivity index (χ2n) is 4.19. The maximum absolute atomic E-state index is 12.2. The van der Waals surface area contributed by atoms with E-state index in [1.807, 2.05) is 6.92 Å². The third kappa shape index (κ3) is 4.13. The molecule has 0 amide bonds. The van der Waals surface area contributed by atoms with Crippen LogP contribution in [0.5, 0.6) is 0 Å². The second-order valence-corrected chi connectivity index (χ2v) is 6.65. The van der Waals surface area contributed by atoms with E-state index in [0.29, 0.717) is 18.1 Å². The normalized spacial score (nSPS) is 12.0. The van der Waals surface area contributed by atoms with Gasteiger partial charge in [0.25, 0.3) is 0 Å². The van der Waals surface area contributed by atoms with Crippen LogP contribution in [0.15, 0.2) is 24.6 Å². The Hall–Kier alpha value is -1.23. The highest BCUT2D eigenvalue weighted by Gasteiger charge is 2.23. The van der Waals surface area contributed by atoms with Crippen LogP contribution < -0.4 is 10.0 Å². The molecule has 2 aromatic rings. The van der Waals surface area contributed by atoms with Gasteiger partial charge in [-0.25, -0.2) is 13.1 Å². The van der Waals surface area contributed by atoms with Crippen LogP contribution in [-0.2, 0) is 23.1 Å². The van der Waals surface area contributed by atoms with E-state index in [4.69, 9.17) is 8.94 Å². The predicted octanol–water partition coefficient (Wildman–Crippen LogP) is 1.32. The zero-order chi connectivity index (χ0) is 15.5. The number of hydrogen-bond acceptors (Lipinski definition) is 7. The zero-order valence-electron chi connectivity index (χ0n) is 11.5. The monoisotopic (exact) mass is 378 g/mol. The minimum atomic E-state index is -3.73. The molecular weight excluding hydrogens is 364 g/mol. The summed E-state index contributed by atoms with van der Waals surface area (Å²) in [5.41, 5.74) is 0. The minimum Gasteiger partial charge on any atom is -0.452 e. The van der Waals surface area contributed by atoms with Crippen molar-refractivity contribution >= 4 is 26.0 Å². The number of aryl methyl sites for hydroxylation is 1. The number of nitrogens with zero attached hydrogens (tertiary/aromatic N) is 2. The lowest BCUT2D eigenvalue weighted by atomic mass is 10.4. The highest BCUT2D eigenvalue weighted by molar-refractivity contribution is 9.10. The number of hydrogen-bond donors (Lipinski definition) is 2. The van der Waals surface area contributed by atoms with E-state index in [1.54, 1.807) is 6.92 Å². The molecule has 0 saturated carbocycles. The average Bonchev–Trinajstić information content (AvgIpc) is 3.00. The fourth-order valence-electron chi connectivity index (χ4n) is 1.56. The van der Waals surface area contributed by atoms with Crippen molar-refractivity contribution in [3.63, 3.8) is 0 Å². The van der Waals surface area contributed by atoms with Crippen molar-refractivity contribution in [3.8, 4) is 0 Å². The quantitative estimate of drug-likeness (QED) is 0.747. The van der Waals surface area contributed by atoms with Crippen LogP contribution in [0.1, 0.15) is 24.4 Å². The summed E-state index contributed by atoms with van der Waals surface area (Å²) in [5.74, 6) is 1.17. The van der Waals surface area contributed by atoms with Crippen molar-refractivity contribution in [1.82, 2.24) is 20.2 Å². The third-order valence-corrected chi connectivity index (χ3v) is 4.79. The van der Waals surface area contributed by atoms with Crippen molar-refractivity contribution in [2.24, 2.45) is 0 Å². The summed E-state index contributed by atoms with van der Waals surface area (Å²) in [7, 11) is -3.73. The van der Waals surface area contributed by atoms with Gasteiger partial charge in [-0.3, -0.25) is 0 Å². The number of halogens is 1. The third-order valence-electron chi connectivity index (χ3n) is 2.53. The molecule has 2 rings (SSSR count). The topological polar surface area (TPSA) is 110 Å². The van der Waals surface area contributed by atoms with Crippen molar-refractivity contribution in [2.75, 3.05) is 6.54 Å². The van der Waals surface area contributed by atoms with Gasteiger partial charge in [0.1, 0.15) is 10.7 Å². The Morgan fingerprint density at radius 2 is 2.14 bits per heavy atom. The minimum absolute atomic E-state index is 0.0339. The molecule has 2 aromatic heterocycles. The van der Waals surface area contributed by atoms with E-state index in [0.717, 1.165) is 6.54 Å². The summed E-state index contributed by atoms with van der Waals surface area (Å²) in [6.45, 7) is 4.73. The van der Waals surface area contributed by atoms with E-state index >= 15 is 0 Å². The van der Waals surface area contributed by atoms with E-state index in [-0.39, 0.29) is 22.0 Å². The largest absolute Gasteiger partial charge is 0.452 e. The van der Waals surface area contributed by atoms with Gasteiger partial charge >= 0.3 is 0 Å². The summed E-state index contributed by atoms with van der Waals surface area (Å²) in [6, 6.07) is 1.47. The lowest BCUT2D eigenvalue weighted by Gasteiger charge is -2.01. The SMILES string of the molecule is CCNCc1cc(S(=O)(=O)NCc2nc(C)no2)c(Br)o1. The lowest BCUT2D eigenvalue weighted by Crippen LogP contribution is -2.23. The van der Waals surface area contributed by atoms with E-state index < -0.39 is 10.0 Å². The van der Waals surface area contributed by atoms with Crippen LogP contribution in [-0.4, -0.2) is 25.1 Å². The van der Waals surface area contributed by atoms with Crippen LogP contribution in [0.4, 0.5) is 0 Å². The average molecular weight is 379 g/mol. The summed E-state index contributed by atoms with van der Waals surface area (Å²) < 4.78 is 37.1. The number of aromatic nitrogens is 2. The smallest absolute Gasteiger partial charge is 0.245 e.